The summed E-state index contributed by atoms with van der Waals surface area (Å²) in [5.74, 6) is -0.164. The first kappa shape index (κ1) is 24.2. The molecule has 0 fully saturated rings. The van der Waals surface area contributed by atoms with Crippen molar-refractivity contribution in [2.45, 2.75) is 38.0 Å². The number of nitrogens with one attached hydrogen (secondary N) is 2. The molecule has 3 unspecified atom stereocenters. The Bertz CT molecular complexity index is 904. The number of benzene rings is 1. The van der Waals surface area contributed by atoms with E-state index >= 15 is 0 Å². The highest BCUT2D eigenvalue weighted by Crippen LogP contribution is 2.15. The van der Waals surface area contributed by atoms with Crippen molar-refractivity contribution in [2.75, 3.05) is 22.5 Å². The molecule has 0 aliphatic rings. The molecule has 30 heavy (non-hydrogen) atoms. The molecule has 0 aliphatic carbocycles. The largest absolute Gasteiger partial charge is 0.431 e. The minimum absolute atomic E-state index is 0.146. The second kappa shape index (κ2) is 11.3. The Morgan fingerprint density at radius 2 is 1.97 bits per heavy atom. The van der Waals surface area contributed by atoms with Gasteiger partial charge in [-0.2, -0.15) is 16.7 Å². The zero-order valence-electron chi connectivity index (χ0n) is 16.8. The van der Waals surface area contributed by atoms with Gasteiger partial charge in [0.25, 0.3) is 5.91 Å². The molecule has 0 spiro atoms. The van der Waals surface area contributed by atoms with Crippen LogP contribution in [0.2, 0.25) is 0 Å². The Hall–Kier alpha value is -2.08. The first-order valence-corrected chi connectivity index (χ1v) is 12.5. The summed E-state index contributed by atoms with van der Waals surface area (Å²) in [5.41, 5.74) is 0.725. The van der Waals surface area contributed by atoms with Crippen LogP contribution in [-0.2, 0) is 16.4 Å². The molecular weight excluding hydrogens is 430 g/mol. The summed E-state index contributed by atoms with van der Waals surface area (Å²) in [5, 5.41) is 23.6. The first-order chi connectivity index (χ1) is 14.3. The van der Waals surface area contributed by atoms with Crippen LogP contribution in [0.15, 0.2) is 41.0 Å². The molecule has 0 saturated carbocycles. The number of anilines is 1. The maximum absolute atomic E-state index is 12.6. The highest BCUT2D eigenvalue weighted by molar-refractivity contribution is 7.98. The molecule has 2 aromatic rings. The summed E-state index contributed by atoms with van der Waals surface area (Å²) in [7, 11) is -3.60. The molecule has 1 heterocycles. The average molecular weight is 458 g/mol. The SMILES string of the molecule is CCS(=O)(=O)Nc1nc(C(=O)NC(Cc2ccccc2)C(O)C(O)CCSC)co1. The number of aliphatic hydroxyl groups is 2. The number of carbonyl (C=O) groups is 1. The van der Waals surface area contributed by atoms with E-state index in [1.54, 1.807) is 11.8 Å². The summed E-state index contributed by atoms with van der Waals surface area (Å²) in [6.45, 7) is 1.46. The zero-order chi connectivity index (χ0) is 22.1. The van der Waals surface area contributed by atoms with E-state index in [4.69, 9.17) is 4.42 Å². The van der Waals surface area contributed by atoms with E-state index in [0.717, 1.165) is 11.8 Å². The van der Waals surface area contributed by atoms with Crippen LogP contribution < -0.4 is 10.0 Å². The van der Waals surface area contributed by atoms with Crippen molar-refractivity contribution in [3.63, 3.8) is 0 Å². The first-order valence-electron chi connectivity index (χ1n) is 9.41. The number of oxazole rings is 1. The Kier molecular flexibility index (Phi) is 9.15. The van der Waals surface area contributed by atoms with E-state index in [1.165, 1.54) is 6.92 Å². The van der Waals surface area contributed by atoms with Crippen LogP contribution in [0.3, 0.4) is 0 Å². The van der Waals surface area contributed by atoms with Crippen LogP contribution in [0, 0.1) is 0 Å². The molecule has 166 valence electrons. The summed E-state index contributed by atoms with van der Waals surface area (Å²) >= 11 is 1.55. The highest BCUT2D eigenvalue weighted by Gasteiger charge is 2.29. The Labute approximate surface area is 180 Å². The summed E-state index contributed by atoms with van der Waals surface area (Å²) in [6.07, 6.45) is 1.37. The van der Waals surface area contributed by atoms with Crippen LogP contribution in [0.25, 0.3) is 0 Å². The molecule has 4 N–H and O–H groups in total. The quantitative estimate of drug-likeness (QED) is 0.373. The van der Waals surface area contributed by atoms with Crippen molar-refractivity contribution in [1.82, 2.24) is 10.3 Å². The van der Waals surface area contributed by atoms with Crippen molar-refractivity contribution < 1.29 is 27.8 Å². The van der Waals surface area contributed by atoms with E-state index in [0.29, 0.717) is 12.2 Å². The van der Waals surface area contributed by atoms with Crippen molar-refractivity contribution in [2.24, 2.45) is 0 Å². The molecular formula is C19H27N3O6S2. The lowest BCUT2D eigenvalue weighted by Gasteiger charge is -2.27. The summed E-state index contributed by atoms with van der Waals surface area (Å²) < 4.78 is 30.3. The summed E-state index contributed by atoms with van der Waals surface area (Å²) in [4.78, 5) is 16.5. The second-order valence-corrected chi connectivity index (χ2v) is 9.65. The predicted octanol–water partition coefficient (Wildman–Crippen LogP) is 1.25. The molecule has 9 nitrogen and oxygen atoms in total. The third kappa shape index (κ3) is 7.31. The van der Waals surface area contributed by atoms with E-state index in [-0.39, 0.29) is 23.9 Å². The van der Waals surface area contributed by atoms with Crippen molar-refractivity contribution in [3.05, 3.63) is 47.9 Å². The van der Waals surface area contributed by atoms with E-state index < -0.39 is 34.2 Å². The van der Waals surface area contributed by atoms with Crippen LogP contribution >= 0.6 is 11.8 Å². The minimum atomic E-state index is -3.60. The molecule has 0 aliphatic heterocycles. The third-order valence-electron chi connectivity index (χ3n) is 4.40. The van der Waals surface area contributed by atoms with Gasteiger partial charge in [0.15, 0.2) is 5.69 Å². The second-order valence-electron chi connectivity index (χ2n) is 6.65. The van der Waals surface area contributed by atoms with Gasteiger partial charge in [-0.05, 0) is 37.3 Å². The number of hydrogen-bond acceptors (Lipinski definition) is 8. The number of hydrogen-bond donors (Lipinski definition) is 4. The van der Waals surface area contributed by atoms with Crippen LogP contribution in [0.5, 0.6) is 0 Å². The lowest BCUT2D eigenvalue weighted by Crippen LogP contribution is -2.50. The molecule has 0 radical (unpaired) electrons. The van der Waals surface area contributed by atoms with Gasteiger partial charge in [0, 0.05) is 0 Å². The number of aliphatic hydroxyl groups excluding tert-OH is 2. The Morgan fingerprint density at radius 1 is 1.27 bits per heavy atom. The summed E-state index contributed by atoms with van der Waals surface area (Å²) in [6, 6.07) is 8.14. The van der Waals surface area contributed by atoms with Gasteiger partial charge < -0.3 is 19.9 Å². The Morgan fingerprint density at radius 3 is 2.60 bits per heavy atom. The van der Waals surface area contributed by atoms with Crippen molar-refractivity contribution in [1.29, 1.82) is 0 Å². The van der Waals surface area contributed by atoms with Gasteiger partial charge in [0.2, 0.25) is 10.0 Å². The monoisotopic (exact) mass is 457 g/mol. The molecule has 11 heteroatoms. The molecule has 0 saturated heterocycles. The fourth-order valence-corrected chi connectivity index (χ4v) is 3.66. The number of thioether (sulfide) groups is 1. The zero-order valence-corrected chi connectivity index (χ0v) is 18.4. The number of amides is 1. The normalized spacial score (nSPS) is 14.7. The number of sulfonamides is 1. The molecule has 1 aromatic heterocycles. The van der Waals surface area contributed by atoms with Gasteiger partial charge in [-0.25, -0.2) is 13.1 Å². The smallest absolute Gasteiger partial charge is 0.309 e. The maximum atomic E-state index is 12.6. The van der Waals surface area contributed by atoms with E-state index in [9.17, 15) is 23.4 Å². The van der Waals surface area contributed by atoms with Gasteiger partial charge in [-0.15, -0.1) is 0 Å². The fourth-order valence-electron chi connectivity index (χ4n) is 2.68. The lowest BCUT2D eigenvalue weighted by atomic mass is 9.96. The average Bonchev–Trinajstić information content (AvgIpc) is 3.19. The standard InChI is InChI=1S/C19H27N3O6S2/c1-3-30(26,27)22-19-21-15(12-28-19)18(25)20-14(11-13-7-5-4-6-8-13)17(24)16(23)9-10-29-2/h4-8,12,14,16-17,23-24H,3,9-11H2,1-2H3,(H,20,25)(H,21,22). The lowest BCUT2D eigenvalue weighted by molar-refractivity contribution is -0.00410. The highest BCUT2D eigenvalue weighted by atomic mass is 32.2. The predicted molar refractivity (Wildman–Crippen MR) is 116 cm³/mol. The number of aromatic nitrogens is 1. The van der Waals surface area contributed by atoms with Crippen molar-refractivity contribution in [3.8, 4) is 0 Å². The van der Waals surface area contributed by atoms with Crippen LogP contribution in [0.1, 0.15) is 29.4 Å². The maximum Gasteiger partial charge on any atom is 0.309 e. The minimum Gasteiger partial charge on any atom is -0.431 e. The van der Waals surface area contributed by atoms with Gasteiger partial charge in [-0.3, -0.25) is 4.79 Å². The molecule has 1 aromatic carbocycles. The molecule has 3 atom stereocenters. The van der Waals surface area contributed by atoms with Crippen molar-refractivity contribution >= 4 is 33.7 Å². The van der Waals surface area contributed by atoms with Crippen LogP contribution in [0.4, 0.5) is 6.01 Å². The number of rotatable bonds is 12. The number of nitrogens with zero attached hydrogens (tertiary/aromatic N) is 1. The van der Waals surface area contributed by atoms with Crippen LogP contribution in [-0.4, -0.2) is 65.5 Å². The molecule has 2 rings (SSSR count). The van der Waals surface area contributed by atoms with Gasteiger partial charge in [-0.1, -0.05) is 30.3 Å². The van der Waals surface area contributed by atoms with Gasteiger partial charge in [0.05, 0.1) is 17.9 Å². The number of carbonyl (C=O) groups excluding carboxylic acids is 1. The van der Waals surface area contributed by atoms with Gasteiger partial charge >= 0.3 is 6.01 Å². The Balaban J connectivity index is 2.14. The van der Waals surface area contributed by atoms with E-state index in [2.05, 4.69) is 15.0 Å². The topological polar surface area (TPSA) is 142 Å². The third-order valence-corrected chi connectivity index (χ3v) is 6.29. The van der Waals surface area contributed by atoms with Gasteiger partial charge in [0.1, 0.15) is 12.4 Å². The van der Waals surface area contributed by atoms with E-state index in [1.807, 2.05) is 36.6 Å². The molecule has 0 bridgehead atoms. The molecule has 1 amide bonds. The fraction of sp³-hybridized carbons (Fsp3) is 0.474.